The summed E-state index contributed by atoms with van der Waals surface area (Å²) < 4.78 is 5.66. The van der Waals surface area contributed by atoms with E-state index in [-0.39, 0.29) is 0 Å². The highest BCUT2D eigenvalue weighted by Gasteiger charge is 2.00. The van der Waals surface area contributed by atoms with Crippen LogP contribution in [0, 0.1) is 0 Å². The van der Waals surface area contributed by atoms with Gasteiger partial charge in [0.15, 0.2) is 0 Å². The Balaban J connectivity index is 1.78. The molecule has 0 radical (unpaired) electrons. The molecule has 0 aliphatic rings. The Bertz CT molecular complexity index is 586. The molecule has 2 aromatic heterocycles. The van der Waals surface area contributed by atoms with Crippen molar-refractivity contribution >= 4 is 22.2 Å². The molecule has 0 aliphatic carbocycles. The zero-order valence-corrected chi connectivity index (χ0v) is 9.33. The van der Waals surface area contributed by atoms with E-state index >= 15 is 0 Å². The fourth-order valence-corrected chi connectivity index (χ4v) is 2.12. The van der Waals surface area contributed by atoms with Crippen LogP contribution in [0.1, 0.15) is 5.01 Å². The first-order valence-electron chi connectivity index (χ1n) is 5.00. The highest BCUT2D eigenvalue weighted by atomic mass is 32.1. The van der Waals surface area contributed by atoms with Crippen molar-refractivity contribution < 1.29 is 4.74 Å². The van der Waals surface area contributed by atoms with Gasteiger partial charge in [-0.15, -0.1) is 11.3 Å². The van der Waals surface area contributed by atoms with Crippen molar-refractivity contribution in [3.05, 3.63) is 47.0 Å². The number of hydrogen-bond donors (Lipinski definition) is 1. The maximum atomic E-state index is 5.66. The Kier molecular flexibility index (Phi) is 2.34. The van der Waals surface area contributed by atoms with Gasteiger partial charge in [-0.25, -0.2) is 4.98 Å². The lowest BCUT2D eigenvalue weighted by Gasteiger charge is -2.03. The molecule has 0 spiro atoms. The summed E-state index contributed by atoms with van der Waals surface area (Å²) in [6.07, 6.45) is 3.72. The SMILES string of the molecule is c1csc(COc2ccc3[nH]ccc3c2)n1. The summed E-state index contributed by atoms with van der Waals surface area (Å²) in [6, 6.07) is 8.05. The number of H-pyrrole nitrogens is 1. The number of aromatic amines is 1. The molecule has 3 rings (SSSR count). The van der Waals surface area contributed by atoms with Gasteiger partial charge in [0, 0.05) is 28.7 Å². The molecule has 16 heavy (non-hydrogen) atoms. The largest absolute Gasteiger partial charge is 0.486 e. The second-order valence-corrected chi connectivity index (χ2v) is 4.42. The van der Waals surface area contributed by atoms with Gasteiger partial charge in [-0.05, 0) is 24.3 Å². The molecule has 0 aliphatic heterocycles. The van der Waals surface area contributed by atoms with Gasteiger partial charge in [-0.2, -0.15) is 0 Å². The highest BCUT2D eigenvalue weighted by molar-refractivity contribution is 7.09. The summed E-state index contributed by atoms with van der Waals surface area (Å²) in [5, 5.41) is 4.11. The molecule has 1 aromatic carbocycles. The van der Waals surface area contributed by atoms with Gasteiger partial charge in [0.1, 0.15) is 17.4 Å². The van der Waals surface area contributed by atoms with Gasteiger partial charge in [-0.1, -0.05) is 0 Å². The standard InChI is InChI=1S/C12H10N2OS/c1-2-11-9(3-4-13-11)7-10(1)15-8-12-14-5-6-16-12/h1-7,13H,8H2. The van der Waals surface area contributed by atoms with Crippen molar-refractivity contribution in [2.75, 3.05) is 0 Å². The van der Waals surface area contributed by atoms with Crippen molar-refractivity contribution in [3.63, 3.8) is 0 Å². The van der Waals surface area contributed by atoms with Crippen LogP contribution in [0.4, 0.5) is 0 Å². The van der Waals surface area contributed by atoms with Gasteiger partial charge in [0.2, 0.25) is 0 Å². The van der Waals surface area contributed by atoms with Crippen LogP contribution >= 0.6 is 11.3 Å². The van der Waals surface area contributed by atoms with Crippen LogP contribution in [0.25, 0.3) is 10.9 Å². The van der Waals surface area contributed by atoms with E-state index in [0.29, 0.717) is 6.61 Å². The summed E-state index contributed by atoms with van der Waals surface area (Å²) in [5.41, 5.74) is 1.13. The number of thiazole rings is 1. The van der Waals surface area contributed by atoms with Crippen molar-refractivity contribution in [1.29, 1.82) is 0 Å². The molecule has 4 heteroatoms. The first-order valence-corrected chi connectivity index (χ1v) is 5.88. The Morgan fingerprint density at radius 2 is 2.31 bits per heavy atom. The monoisotopic (exact) mass is 230 g/mol. The van der Waals surface area contributed by atoms with Crippen LogP contribution in [-0.2, 0) is 6.61 Å². The molecule has 0 saturated heterocycles. The van der Waals surface area contributed by atoms with E-state index in [0.717, 1.165) is 21.7 Å². The zero-order valence-electron chi connectivity index (χ0n) is 8.51. The predicted octanol–water partition coefficient (Wildman–Crippen LogP) is 3.20. The van der Waals surface area contributed by atoms with E-state index in [2.05, 4.69) is 9.97 Å². The van der Waals surface area contributed by atoms with E-state index in [1.165, 1.54) is 0 Å². The fourth-order valence-electron chi connectivity index (χ4n) is 1.59. The summed E-state index contributed by atoms with van der Waals surface area (Å²) in [5.74, 6) is 0.877. The van der Waals surface area contributed by atoms with Crippen molar-refractivity contribution in [2.24, 2.45) is 0 Å². The van der Waals surface area contributed by atoms with E-state index < -0.39 is 0 Å². The lowest BCUT2D eigenvalue weighted by Crippen LogP contribution is -1.93. The number of rotatable bonds is 3. The van der Waals surface area contributed by atoms with Gasteiger partial charge in [0.25, 0.3) is 0 Å². The molecular weight excluding hydrogens is 220 g/mol. The van der Waals surface area contributed by atoms with E-state index in [1.54, 1.807) is 17.5 Å². The third kappa shape index (κ3) is 1.79. The molecule has 0 amide bonds. The number of nitrogens with zero attached hydrogens (tertiary/aromatic N) is 1. The second-order valence-electron chi connectivity index (χ2n) is 3.44. The summed E-state index contributed by atoms with van der Waals surface area (Å²) in [6.45, 7) is 0.535. The van der Waals surface area contributed by atoms with Crippen molar-refractivity contribution in [2.45, 2.75) is 6.61 Å². The highest BCUT2D eigenvalue weighted by Crippen LogP contribution is 2.20. The molecule has 3 aromatic rings. The van der Waals surface area contributed by atoms with Crippen LogP contribution in [0.5, 0.6) is 5.75 Å². The number of fused-ring (bicyclic) bond motifs is 1. The minimum absolute atomic E-state index is 0.535. The summed E-state index contributed by atoms with van der Waals surface area (Å²) >= 11 is 1.61. The number of ether oxygens (including phenoxy) is 1. The number of aromatic nitrogens is 2. The normalized spacial score (nSPS) is 10.8. The third-order valence-corrected chi connectivity index (χ3v) is 3.12. The van der Waals surface area contributed by atoms with E-state index in [9.17, 15) is 0 Å². The molecule has 80 valence electrons. The second kappa shape index (κ2) is 3.98. The molecule has 0 atom stereocenters. The average molecular weight is 230 g/mol. The average Bonchev–Trinajstić information content (AvgIpc) is 2.97. The zero-order chi connectivity index (χ0) is 10.8. The Morgan fingerprint density at radius 3 is 3.19 bits per heavy atom. The molecular formula is C12H10N2OS. The molecule has 0 bridgehead atoms. The number of hydrogen-bond acceptors (Lipinski definition) is 3. The maximum absolute atomic E-state index is 5.66. The van der Waals surface area contributed by atoms with E-state index in [4.69, 9.17) is 4.74 Å². The van der Waals surface area contributed by atoms with Gasteiger partial charge < -0.3 is 9.72 Å². The molecule has 3 nitrogen and oxygen atoms in total. The van der Waals surface area contributed by atoms with Crippen LogP contribution in [0.15, 0.2) is 42.0 Å². The minimum Gasteiger partial charge on any atom is -0.486 e. The molecule has 0 unspecified atom stereocenters. The molecule has 0 saturated carbocycles. The number of nitrogens with one attached hydrogen (secondary N) is 1. The topological polar surface area (TPSA) is 37.9 Å². The lowest BCUT2D eigenvalue weighted by molar-refractivity contribution is 0.306. The van der Waals surface area contributed by atoms with Crippen LogP contribution in [0.3, 0.4) is 0 Å². The first-order chi connectivity index (χ1) is 7.92. The molecule has 0 fully saturated rings. The van der Waals surface area contributed by atoms with Crippen LogP contribution in [0.2, 0.25) is 0 Å². The predicted molar refractivity (Wildman–Crippen MR) is 64.7 cm³/mol. The Hall–Kier alpha value is -1.81. The Morgan fingerprint density at radius 1 is 1.31 bits per heavy atom. The van der Waals surface area contributed by atoms with Gasteiger partial charge in [-0.3, -0.25) is 0 Å². The molecule has 2 heterocycles. The molecule has 1 N–H and O–H groups in total. The fraction of sp³-hybridized carbons (Fsp3) is 0.0833. The van der Waals surface area contributed by atoms with Crippen molar-refractivity contribution in [1.82, 2.24) is 9.97 Å². The quantitative estimate of drug-likeness (QED) is 0.750. The summed E-state index contributed by atoms with van der Waals surface area (Å²) in [4.78, 5) is 7.32. The van der Waals surface area contributed by atoms with Gasteiger partial charge >= 0.3 is 0 Å². The summed E-state index contributed by atoms with van der Waals surface area (Å²) in [7, 11) is 0. The van der Waals surface area contributed by atoms with E-state index in [1.807, 2.05) is 35.8 Å². The maximum Gasteiger partial charge on any atom is 0.140 e. The third-order valence-electron chi connectivity index (χ3n) is 2.37. The minimum atomic E-state index is 0.535. The van der Waals surface area contributed by atoms with Crippen LogP contribution in [-0.4, -0.2) is 9.97 Å². The van der Waals surface area contributed by atoms with Gasteiger partial charge in [0.05, 0.1) is 0 Å². The smallest absolute Gasteiger partial charge is 0.140 e. The lowest BCUT2D eigenvalue weighted by atomic mass is 10.2. The van der Waals surface area contributed by atoms with Crippen molar-refractivity contribution in [3.8, 4) is 5.75 Å². The Labute approximate surface area is 96.7 Å². The first kappa shape index (κ1) is 9.42. The van der Waals surface area contributed by atoms with Crippen LogP contribution < -0.4 is 4.74 Å². The number of benzene rings is 1.